The molecular formula is C13H21N3O. The summed E-state index contributed by atoms with van der Waals surface area (Å²) in [4.78, 5) is 2.23. The van der Waals surface area contributed by atoms with Crippen molar-refractivity contribution in [1.29, 1.82) is 0 Å². The Morgan fingerprint density at radius 2 is 1.88 bits per heavy atom. The van der Waals surface area contributed by atoms with Crippen molar-refractivity contribution in [3.05, 3.63) is 29.8 Å². The third-order valence-electron chi connectivity index (χ3n) is 3.43. The predicted molar refractivity (Wildman–Crippen MR) is 71.7 cm³/mol. The predicted octanol–water partition coefficient (Wildman–Crippen LogP) is 2.41. The van der Waals surface area contributed by atoms with E-state index in [4.69, 9.17) is 10.9 Å². The van der Waals surface area contributed by atoms with Gasteiger partial charge in [0.1, 0.15) is 0 Å². The van der Waals surface area contributed by atoms with Gasteiger partial charge in [-0.2, -0.15) is 0 Å². The average molecular weight is 235 g/mol. The van der Waals surface area contributed by atoms with Crippen LogP contribution >= 0.6 is 0 Å². The SMILES string of the molecule is CCC(C)(C)N(C)c1ccc(C(N)=NO)cc1. The number of anilines is 1. The van der Waals surface area contributed by atoms with E-state index in [0.29, 0.717) is 0 Å². The van der Waals surface area contributed by atoms with Crippen LogP contribution in [0.15, 0.2) is 29.4 Å². The summed E-state index contributed by atoms with van der Waals surface area (Å²) in [6, 6.07) is 7.66. The van der Waals surface area contributed by atoms with Crippen molar-refractivity contribution in [3.63, 3.8) is 0 Å². The molecule has 1 rings (SSSR count). The normalized spacial score (nSPS) is 12.6. The molecule has 4 heteroatoms. The van der Waals surface area contributed by atoms with Crippen molar-refractivity contribution in [2.24, 2.45) is 10.9 Å². The number of rotatable bonds is 4. The molecule has 0 aliphatic heterocycles. The summed E-state index contributed by atoms with van der Waals surface area (Å²) in [5.74, 6) is 0.133. The van der Waals surface area contributed by atoms with Gasteiger partial charge in [0.25, 0.3) is 0 Å². The Labute approximate surface area is 103 Å². The highest BCUT2D eigenvalue weighted by molar-refractivity contribution is 5.97. The van der Waals surface area contributed by atoms with Gasteiger partial charge < -0.3 is 15.8 Å². The van der Waals surface area contributed by atoms with Crippen LogP contribution in [-0.4, -0.2) is 23.6 Å². The summed E-state index contributed by atoms with van der Waals surface area (Å²) in [6.45, 7) is 6.57. The van der Waals surface area contributed by atoms with Gasteiger partial charge in [-0.1, -0.05) is 12.1 Å². The molecule has 0 fully saturated rings. The number of hydrogen-bond acceptors (Lipinski definition) is 3. The molecule has 3 N–H and O–H groups in total. The molecule has 0 amide bonds. The molecule has 0 saturated heterocycles. The highest BCUT2D eigenvalue weighted by Crippen LogP contribution is 2.24. The van der Waals surface area contributed by atoms with Crippen molar-refractivity contribution in [1.82, 2.24) is 0 Å². The van der Waals surface area contributed by atoms with E-state index >= 15 is 0 Å². The maximum atomic E-state index is 8.59. The lowest BCUT2D eigenvalue weighted by atomic mass is 9.99. The van der Waals surface area contributed by atoms with E-state index in [0.717, 1.165) is 17.7 Å². The summed E-state index contributed by atoms with van der Waals surface area (Å²) < 4.78 is 0. The summed E-state index contributed by atoms with van der Waals surface area (Å²) in [5.41, 5.74) is 7.47. The Morgan fingerprint density at radius 1 is 1.35 bits per heavy atom. The standard InChI is InChI=1S/C13H21N3O/c1-5-13(2,3)16(4)11-8-6-10(7-9-11)12(14)15-17/h6-9,17H,5H2,1-4H3,(H2,14,15). The van der Waals surface area contributed by atoms with E-state index in [9.17, 15) is 0 Å². The highest BCUT2D eigenvalue weighted by atomic mass is 16.4. The van der Waals surface area contributed by atoms with Gasteiger partial charge >= 0.3 is 0 Å². The van der Waals surface area contributed by atoms with Crippen LogP contribution in [0.3, 0.4) is 0 Å². The Bertz CT molecular complexity index is 396. The smallest absolute Gasteiger partial charge is 0.170 e. The molecule has 4 nitrogen and oxygen atoms in total. The Hall–Kier alpha value is -1.71. The van der Waals surface area contributed by atoms with Crippen molar-refractivity contribution >= 4 is 11.5 Å². The molecule has 0 bridgehead atoms. The lowest BCUT2D eigenvalue weighted by Gasteiger charge is -2.36. The van der Waals surface area contributed by atoms with Gasteiger partial charge in [-0.05, 0) is 44.5 Å². The first kappa shape index (κ1) is 13.4. The zero-order valence-corrected chi connectivity index (χ0v) is 10.9. The topological polar surface area (TPSA) is 61.8 Å². The van der Waals surface area contributed by atoms with Gasteiger partial charge in [0.15, 0.2) is 5.84 Å². The summed E-state index contributed by atoms with van der Waals surface area (Å²) in [7, 11) is 2.07. The van der Waals surface area contributed by atoms with Crippen LogP contribution in [0.25, 0.3) is 0 Å². The molecule has 0 aliphatic carbocycles. The van der Waals surface area contributed by atoms with E-state index in [1.807, 2.05) is 24.3 Å². The molecular weight excluding hydrogens is 214 g/mol. The highest BCUT2D eigenvalue weighted by Gasteiger charge is 2.21. The van der Waals surface area contributed by atoms with Crippen LogP contribution in [-0.2, 0) is 0 Å². The largest absolute Gasteiger partial charge is 0.409 e. The van der Waals surface area contributed by atoms with Gasteiger partial charge in [-0.15, -0.1) is 0 Å². The van der Waals surface area contributed by atoms with E-state index in [1.54, 1.807) is 0 Å². The second kappa shape index (κ2) is 5.08. The molecule has 94 valence electrons. The zero-order chi connectivity index (χ0) is 13.1. The third kappa shape index (κ3) is 2.90. The summed E-state index contributed by atoms with van der Waals surface area (Å²) in [6.07, 6.45) is 1.06. The fourth-order valence-corrected chi connectivity index (χ4v) is 1.50. The van der Waals surface area contributed by atoms with Gasteiger partial charge in [0, 0.05) is 23.8 Å². The van der Waals surface area contributed by atoms with Crippen LogP contribution in [0.4, 0.5) is 5.69 Å². The Kier molecular flexibility index (Phi) is 3.99. The average Bonchev–Trinajstić information content (AvgIpc) is 2.37. The minimum atomic E-state index is 0.109. The van der Waals surface area contributed by atoms with Crippen LogP contribution in [0.2, 0.25) is 0 Å². The van der Waals surface area contributed by atoms with Crippen LogP contribution in [0.5, 0.6) is 0 Å². The third-order valence-corrected chi connectivity index (χ3v) is 3.43. The van der Waals surface area contributed by atoms with Crippen LogP contribution < -0.4 is 10.6 Å². The number of nitrogens with zero attached hydrogens (tertiary/aromatic N) is 2. The van der Waals surface area contributed by atoms with Gasteiger partial charge in [0.2, 0.25) is 0 Å². The summed E-state index contributed by atoms with van der Waals surface area (Å²) >= 11 is 0. The van der Waals surface area contributed by atoms with E-state index < -0.39 is 0 Å². The van der Waals surface area contributed by atoms with E-state index in [1.165, 1.54) is 0 Å². The second-order valence-corrected chi connectivity index (χ2v) is 4.76. The molecule has 1 aromatic carbocycles. The maximum Gasteiger partial charge on any atom is 0.170 e. The van der Waals surface area contributed by atoms with Gasteiger partial charge in [-0.3, -0.25) is 0 Å². The van der Waals surface area contributed by atoms with Crippen molar-refractivity contribution in [3.8, 4) is 0 Å². The van der Waals surface area contributed by atoms with Crippen molar-refractivity contribution in [2.45, 2.75) is 32.7 Å². The first-order valence-corrected chi connectivity index (χ1v) is 5.74. The number of oxime groups is 1. The fraction of sp³-hybridized carbons (Fsp3) is 0.462. The number of amidine groups is 1. The molecule has 1 aromatic rings. The molecule has 0 spiro atoms. The number of hydrogen-bond donors (Lipinski definition) is 2. The first-order chi connectivity index (χ1) is 7.92. The Balaban J connectivity index is 2.95. The van der Waals surface area contributed by atoms with Crippen LogP contribution in [0, 0.1) is 0 Å². The minimum absolute atomic E-state index is 0.109. The molecule has 0 saturated carbocycles. The monoisotopic (exact) mass is 235 g/mol. The minimum Gasteiger partial charge on any atom is -0.409 e. The Morgan fingerprint density at radius 3 is 2.29 bits per heavy atom. The molecule has 17 heavy (non-hydrogen) atoms. The maximum absolute atomic E-state index is 8.59. The van der Waals surface area contributed by atoms with Crippen molar-refractivity contribution in [2.75, 3.05) is 11.9 Å². The van der Waals surface area contributed by atoms with Gasteiger partial charge in [-0.25, -0.2) is 0 Å². The van der Waals surface area contributed by atoms with Crippen molar-refractivity contribution < 1.29 is 5.21 Å². The van der Waals surface area contributed by atoms with E-state index in [-0.39, 0.29) is 11.4 Å². The first-order valence-electron chi connectivity index (χ1n) is 5.74. The molecule has 0 aliphatic rings. The molecule has 0 radical (unpaired) electrons. The molecule has 0 heterocycles. The molecule has 0 unspecified atom stereocenters. The fourth-order valence-electron chi connectivity index (χ4n) is 1.50. The summed E-state index contributed by atoms with van der Waals surface area (Å²) in [5, 5.41) is 11.6. The number of benzene rings is 1. The lowest BCUT2D eigenvalue weighted by Crippen LogP contribution is -2.40. The molecule has 0 aromatic heterocycles. The lowest BCUT2D eigenvalue weighted by molar-refractivity contribution is 0.318. The van der Waals surface area contributed by atoms with E-state index in [2.05, 4.69) is 37.9 Å². The van der Waals surface area contributed by atoms with Gasteiger partial charge in [0.05, 0.1) is 0 Å². The molecule has 0 atom stereocenters. The quantitative estimate of drug-likeness (QED) is 0.364. The zero-order valence-electron chi connectivity index (χ0n) is 10.9. The second-order valence-electron chi connectivity index (χ2n) is 4.76. The number of nitrogens with two attached hydrogens (primary N) is 1. The van der Waals surface area contributed by atoms with Crippen LogP contribution in [0.1, 0.15) is 32.8 Å².